The molecule has 0 spiro atoms. The summed E-state index contributed by atoms with van der Waals surface area (Å²) in [4.78, 5) is 24.8. The van der Waals surface area contributed by atoms with E-state index >= 15 is 0 Å². The summed E-state index contributed by atoms with van der Waals surface area (Å²) in [6.45, 7) is 8.49. The molecule has 2 aromatic rings. The van der Waals surface area contributed by atoms with Crippen molar-refractivity contribution in [3.05, 3.63) is 45.8 Å². The summed E-state index contributed by atoms with van der Waals surface area (Å²) in [5.74, 6) is 0.0323. The first-order valence-corrected chi connectivity index (χ1v) is 8.23. The summed E-state index contributed by atoms with van der Waals surface area (Å²) in [5, 5.41) is 3.77. The van der Waals surface area contributed by atoms with E-state index in [2.05, 4.69) is 18.3 Å². The summed E-state index contributed by atoms with van der Waals surface area (Å²) in [7, 11) is 0. The van der Waals surface area contributed by atoms with Crippen molar-refractivity contribution < 1.29 is 14.1 Å². The summed E-state index contributed by atoms with van der Waals surface area (Å²) in [6.07, 6.45) is 0.896. The Morgan fingerprint density at radius 2 is 2.00 bits per heavy atom. The lowest BCUT2D eigenvalue weighted by Crippen LogP contribution is -3.11. The number of nitrogens with one attached hydrogen (secondary N) is 2. The Labute approximate surface area is 136 Å². The molecule has 5 heteroatoms. The standard InChI is InChI=1S/C18H24N2O3/c1-4-13-7-8-15-14(10-18(22)23-16(15)9-13)11-20(6-3)12-17(21)19-5-2/h7-10H,4-6,11-12H2,1-3H3,(H,19,21)/p+1. The van der Waals surface area contributed by atoms with Gasteiger partial charge < -0.3 is 14.6 Å². The van der Waals surface area contributed by atoms with E-state index in [1.165, 1.54) is 0 Å². The van der Waals surface area contributed by atoms with Crippen LogP contribution in [0.15, 0.2) is 33.5 Å². The number of carbonyl (C=O) groups excluding carboxylic acids is 1. The van der Waals surface area contributed by atoms with Crippen LogP contribution >= 0.6 is 0 Å². The van der Waals surface area contributed by atoms with Crippen LogP contribution in [-0.4, -0.2) is 25.5 Å². The number of aryl methyl sites for hydroxylation is 1. The highest BCUT2D eigenvalue weighted by atomic mass is 16.4. The van der Waals surface area contributed by atoms with Gasteiger partial charge in [-0.25, -0.2) is 4.79 Å². The molecule has 1 unspecified atom stereocenters. The Hall–Kier alpha value is -2.14. The number of carbonyl (C=O) groups is 1. The van der Waals surface area contributed by atoms with Crippen LogP contribution in [0.3, 0.4) is 0 Å². The minimum atomic E-state index is -0.339. The second kappa shape index (κ2) is 7.92. The second-order valence-electron chi connectivity index (χ2n) is 5.69. The van der Waals surface area contributed by atoms with Crippen LogP contribution in [0.25, 0.3) is 11.0 Å². The molecule has 1 aromatic heterocycles. The highest BCUT2D eigenvalue weighted by Gasteiger charge is 2.15. The van der Waals surface area contributed by atoms with Crippen LogP contribution in [0, 0.1) is 0 Å². The van der Waals surface area contributed by atoms with Gasteiger partial charge in [0.15, 0.2) is 6.54 Å². The van der Waals surface area contributed by atoms with Crippen molar-refractivity contribution in [2.45, 2.75) is 33.7 Å². The molecule has 0 aliphatic carbocycles. The average Bonchev–Trinajstić information content (AvgIpc) is 2.53. The summed E-state index contributed by atoms with van der Waals surface area (Å²) in [5.41, 5.74) is 2.36. The maximum atomic E-state index is 11.8. The number of fused-ring (bicyclic) bond motifs is 1. The molecule has 5 nitrogen and oxygen atoms in total. The molecule has 1 heterocycles. The predicted octanol–water partition coefficient (Wildman–Crippen LogP) is 0.896. The van der Waals surface area contributed by atoms with Gasteiger partial charge in [-0.1, -0.05) is 19.1 Å². The van der Waals surface area contributed by atoms with E-state index in [4.69, 9.17) is 4.42 Å². The van der Waals surface area contributed by atoms with E-state index < -0.39 is 0 Å². The molecule has 23 heavy (non-hydrogen) atoms. The second-order valence-corrected chi connectivity index (χ2v) is 5.69. The van der Waals surface area contributed by atoms with Gasteiger partial charge in [-0.2, -0.15) is 0 Å². The number of hydrogen-bond donors (Lipinski definition) is 2. The van der Waals surface area contributed by atoms with Crippen molar-refractivity contribution in [1.29, 1.82) is 0 Å². The van der Waals surface area contributed by atoms with E-state index in [0.29, 0.717) is 25.2 Å². The maximum Gasteiger partial charge on any atom is 0.336 e. The molecule has 1 aromatic carbocycles. The van der Waals surface area contributed by atoms with Crippen LogP contribution in [0.5, 0.6) is 0 Å². The molecule has 2 N–H and O–H groups in total. The van der Waals surface area contributed by atoms with E-state index in [1.807, 2.05) is 26.0 Å². The fourth-order valence-corrected chi connectivity index (χ4v) is 2.71. The quantitative estimate of drug-likeness (QED) is 0.746. The van der Waals surface area contributed by atoms with E-state index in [1.54, 1.807) is 6.07 Å². The van der Waals surface area contributed by atoms with Crippen molar-refractivity contribution in [1.82, 2.24) is 5.32 Å². The fraction of sp³-hybridized carbons (Fsp3) is 0.444. The van der Waals surface area contributed by atoms with Crippen molar-refractivity contribution >= 4 is 16.9 Å². The first-order chi connectivity index (χ1) is 11.1. The zero-order valence-electron chi connectivity index (χ0n) is 14.1. The van der Waals surface area contributed by atoms with Gasteiger partial charge in [0.25, 0.3) is 5.91 Å². The third kappa shape index (κ3) is 4.42. The number of quaternary nitrogens is 1. The SMILES string of the molecule is CCNC(=O)C[NH+](CC)Cc1cc(=O)oc2cc(CC)ccc12. The molecule has 1 atom stereocenters. The lowest BCUT2D eigenvalue weighted by Gasteiger charge is -2.18. The number of amides is 1. The summed E-state index contributed by atoms with van der Waals surface area (Å²) in [6, 6.07) is 7.53. The Bertz CT molecular complexity index is 737. The molecule has 0 saturated heterocycles. The van der Waals surface area contributed by atoms with E-state index in [9.17, 15) is 9.59 Å². The van der Waals surface area contributed by atoms with Crippen molar-refractivity contribution in [3.8, 4) is 0 Å². The lowest BCUT2D eigenvalue weighted by molar-refractivity contribution is -0.904. The average molecular weight is 317 g/mol. The maximum absolute atomic E-state index is 11.8. The zero-order valence-corrected chi connectivity index (χ0v) is 14.1. The normalized spacial score (nSPS) is 12.3. The number of hydrogen-bond acceptors (Lipinski definition) is 3. The Balaban J connectivity index is 2.30. The third-order valence-corrected chi connectivity index (χ3v) is 4.03. The van der Waals surface area contributed by atoms with Crippen LogP contribution < -0.4 is 15.8 Å². The summed E-state index contributed by atoms with van der Waals surface area (Å²) < 4.78 is 5.34. The highest BCUT2D eigenvalue weighted by molar-refractivity contribution is 5.80. The predicted molar refractivity (Wildman–Crippen MR) is 90.6 cm³/mol. The van der Waals surface area contributed by atoms with Gasteiger partial charge in [0.2, 0.25) is 0 Å². The van der Waals surface area contributed by atoms with Gasteiger partial charge in [0.1, 0.15) is 12.1 Å². The van der Waals surface area contributed by atoms with Gasteiger partial charge in [0.05, 0.1) is 6.54 Å². The molecule has 2 rings (SSSR count). The minimum absolute atomic E-state index is 0.0323. The van der Waals surface area contributed by atoms with Crippen molar-refractivity contribution in [2.75, 3.05) is 19.6 Å². The Morgan fingerprint density at radius 1 is 1.22 bits per heavy atom. The van der Waals surface area contributed by atoms with Crippen LogP contribution in [0.1, 0.15) is 31.9 Å². The molecular weight excluding hydrogens is 292 g/mol. The number of rotatable bonds is 7. The van der Waals surface area contributed by atoms with Gasteiger partial charge in [-0.05, 0) is 31.9 Å². The molecule has 0 radical (unpaired) electrons. The van der Waals surface area contributed by atoms with Gasteiger partial charge >= 0.3 is 5.63 Å². The zero-order chi connectivity index (χ0) is 16.8. The van der Waals surface area contributed by atoms with Crippen LogP contribution in [0.4, 0.5) is 0 Å². The van der Waals surface area contributed by atoms with Gasteiger partial charge in [0, 0.05) is 23.6 Å². The van der Waals surface area contributed by atoms with Crippen LogP contribution in [-0.2, 0) is 17.8 Å². The molecule has 0 fully saturated rings. The molecule has 0 saturated carbocycles. The molecule has 1 amide bonds. The Kier molecular flexibility index (Phi) is 5.93. The summed E-state index contributed by atoms with van der Waals surface area (Å²) >= 11 is 0. The molecule has 124 valence electrons. The lowest BCUT2D eigenvalue weighted by atomic mass is 10.1. The third-order valence-electron chi connectivity index (χ3n) is 4.03. The topological polar surface area (TPSA) is 63.8 Å². The fourth-order valence-electron chi connectivity index (χ4n) is 2.71. The molecule has 0 aliphatic rings. The first-order valence-electron chi connectivity index (χ1n) is 8.23. The first kappa shape index (κ1) is 17.2. The molecule has 0 bridgehead atoms. The number of likely N-dealkylation sites (N-methyl/N-ethyl adjacent to an activating group) is 2. The largest absolute Gasteiger partial charge is 0.423 e. The number of benzene rings is 1. The monoisotopic (exact) mass is 317 g/mol. The molecular formula is C18H25N2O3+. The minimum Gasteiger partial charge on any atom is -0.423 e. The Morgan fingerprint density at radius 3 is 2.65 bits per heavy atom. The van der Waals surface area contributed by atoms with E-state index in [0.717, 1.165) is 34.4 Å². The van der Waals surface area contributed by atoms with Gasteiger partial charge in [-0.15, -0.1) is 0 Å². The van der Waals surface area contributed by atoms with Crippen molar-refractivity contribution in [3.63, 3.8) is 0 Å². The van der Waals surface area contributed by atoms with Gasteiger partial charge in [-0.3, -0.25) is 4.79 Å². The van der Waals surface area contributed by atoms with Crippen LogP contribution in [0.2, 0.25) is 0 Å². The van der Waals surface area contributed by atoms with Crippen molar-refractivity contribution in [2.24, 2.45) is 0 Å². The van der Waals surface area contributed by atoms with E-state index in [-0.39, 0.29) is 11.5 Å². The molecule has 0 aliphatic heterocycles. The highest BCUT2D eigenvalue weighted by Crippen LogP contribution is 2.18. The smallest absolute Gasteiger partial charge is 0.336 e.